The van der Waals surface area contributed by atoms with Crippen LogP contribution in [0, 0.1) is 17.8 Å². The Balaban J connectivity index is 1.68. The molecule has 0 spiro atoms. The molecule has 0 aliphatic heterocycles. The lowest BCUT2D eigenvalue weighted by Gasteiger charge is -2.20. The van der Waals surface area contributed by atoms with Gasteiger partial charge < -0.3 is 0 Å². The normalized spacial score (nSPS) is 33.5. The van der Waals surface area contributed by atoms with Gasteiger partial charge in [0.15, 0.2) is 0 Å². The van der Waals surface area contributed by atoms with E-state index in [1.807, 2.05) is 0 Å². The average molecular weight is 208 g/mol. The van der Waals surface area contributed by atoms with Gasteiger partial charge in [0.2, 0.25) is 0 Å². The topological polar surface area (TPSA) is 17.1 Å². The van der Waals surface area contributed by atoms with Gasteiger partial charge in [-0.15, -0.1) is 0 Å². The lowest BCUT2D eigenvalue weighted by atomic mass is 9.84. The van der Waals surface area contributed by atoms with Crippen LogP contribution in [0.3, 0.4) is 0 Å². The summed E-state index contributed by atoms with van der Waals surface area (Å²) in [6.45, 7) is 2.22. The zero-order valence-corrected chi connectivity index (χ0v) is 10.0. The number of carbonyl (C=O) groups is 1. The predicted octanol–water partition coefficient (Wildman–Crippen LogP) is 3.96. The molecule has 3 unspecified atom stereocenters. The van der Waals surface area contributed by atoms with Crippen LogP contribution in [-0.2, 0) is 4.79 Å². The maximum Gasteiger partial charge on any atom is 0.136 e. The zero-order valence-electron chi connectivity index (χ0n) is 10.0. The molecule has 1 nitrogen and oxygen atoms in total. The first-order chi connectivity index (χ1) is 7.31. The van der Waals surface area contributed by atoms with Crippen LogP contribution in [0.5, 0.6) is 0 Å². The molecule has 2 fully saturated rings. The average Bonchev–Trinajstić information content (AvgIpc) is 2.85. The molecule has 3 atom stereocenters. The van der Waals surface area contributed by atoms with Crippen LogP contribution in [0.25, 0.3) is 0 Å². The van der Waals surface area contributed by atoms with E-state index in [9.17, 15) is 4.79 Å². The maximum absolute atomic E-state index is 12.0. The van der Waals surface area contributed by atoms with Crippen molar-refractivity contribution < 1.29 is 4.79 Å². The minimum atomic E-state index is 0.477. The number of unbranched alkanes of at least 4 members (excludes halogenated alkanes) is 3. The summed E-state index contributed by atoms with van der Waals surface area (Å²) in [4.78, 5) is 12.0. The number of ketones is 1. The highest BCUT2D eigenvalue weighted by atomic mass is 16.1. The van der Waals surface area contributed by atoms with Crippen molar-refractivity contribution in [2.75, 3.05) is 0 Å². The van der Waals surface area contributed by atoms with Crippen LogP contribution >= 0.6 is 0 Å². The van der Waals surface area contributed by atoms with Gasteiger partial charge in [0.1, 0.15) is 5.78 Å². The minimum absolute atomic E-state index is 0.477. The summed E-state index contributed by atoms with van der Waals surface area (Å²) in [5.41, 5.74) is 0. The fourth-order valence-electron chi connectivity index (χ4n) is 3.55. The summed E-state index contributed by atoms with van der Waals surface area (Å²) in [5, 5.41) is 0. The summed E-state index contributed by atoms with van der Waals surface area (Å²) in [5.74, 6) is 2.77. The van der Waals surface area contributed by atoms with Crippen molar-refractivity contribution in [1.29, 1.82) is 0 Å². The molecule has 0 N–H and O–H groups in total. The molecular formula is C14H24O. The second-order valence-electron chi connectivity index (χ2n) is 5.56. The Bertz CT molecular complexity index is 221. The van der Waals surface area contributed by atoms with Gasteiger partial charge in [0, 0.05) is 12.3 Å². The molecule has 2 aliphatic carbocycles. The van der Waals surface area contributed by atoms with E-state index in [0.29, 0.717) is 11.7 Å². The van der Waals surface area contributed by atoms with Crippen molar-refractivity contribution in [3.8, 4) is 0 Å². The van der Waals surface area contributed by atoms with E-state index in [4.69, 9.17) is 0 Å². The summed E-state index contributed by atoms with van der Waals surface area (Å²) in [7, 11) is 0. The maximum atomic E-state index is 12.0. The van der Waals surface area contributed by atoms with Crippen molar-refractivity contribution >= 4 is 5.78 Å². The van der Waals surface area contributed by atoms with Gasteiger partial charge in [-0.05, 0) is 37.5 Å². The minimum Gasteiger partial charge on any atom is -0.299 e. The molecule has 15 heavy (non-hydrogen) atoms. The second-order valence-corrected chi connectivity index (χ2v) is 5.56. The summed E-state index contributed by atoms with van der Waals surface area (Å²) < 4.78 is 0. The SMILES string of the molecule is CCCCCCC(=O)C1CC2CCC1C2. The number of hydrogen-bond acceptors (Lipinski definition) is 1. The van der Waals surface area contributed by atoms with Crippen LogP contribution in [0.2, 0.25) is 0 Å². The lowest BCUT2D eigenvalue weighted by Crippen LogP contribution is -2.20. The first-order valence-electron chi connectivity index (χ1n) is 6.84. The number of Topliss-reactive ketones (excluding diaryl/α,β-unsaturated/α-hetero) is 1. The molecule has 0 radical (unpaired) electrons. The monoisotopic (exact) mass is 208 g/mol. The largest absolute Gasteiger partial charge is 0.299 e. The van der Waals surface area contributed by atoms with Crippen LogP contribution in [0.1, 0.15) is 64.7 Å². The van der Waals surface area contributed by atoms with E-state index in [1.165, 1.54) is 44.9 Å². The summed E-state index contributed by atoms with van der Waals surface area (Å²) >= 11 is 0. The first-order valence-corrected chi connectivity index (χ1v) is 6.84. The molecule has 2 rings (SSSR count). The van der Waals surface area contributed by atoms with Gasteiger partial charge >= 0.3 is 0 Å². The molecule has 0 aromatic heterocycles. The number of fused-ring (bicyclic) bond motifs is 2. The Morgan fingerprint density at radius 1 is 1.13 bits per heavy atom. The second kappa shape index (κ2) is 5.14. The van der Waals surface area contributed by atoms with Gasteiger partial charge in [0.25, 0.3) is 0 Å². The molecule has 0 aromatic carbocycles. The fraction of sp³-hybridized carbons (Fsp3) is 0.929. The van der Waals surface area contributed by atoms with Crippen molar-refractivity contribution in [3.63, 3.8) is 0 Å². The third-order valence-electron chi connectivity index (χ3n) is 4.43. The van der Waals surface area contributed by atoms with E-state index in [2.05, 4.69) is 6.92 Å². The van der Waals surface area contributed by atoms with Crippen LogP contribution < -0.4 is 0 Å². The van der Waals surface area contributed by atoms with Gasteiger partial charge in [-0.3, -0.25) is 4.79 Å². The summed E-state index contributed by atoms with van der Waals surface area (Å²) in [6, 6.07) is 0. The van der Waals surface area contributed by atoms with Gasteiger partial charge in [0.05, 0.1) is 0 Å². The number of hydrogen-bond donors (Lipinski definition) is 0. The van der Waals surface area contributed by atoms with Crippen LogP contribution in [0.4, 0.5) is 0 Å². The molecule has 0 amide bonds. The van der Waals surface area contributed by atoms with E-state index >= 15 is 0 Å². The predicted molar refractivity (Wildman–Crippen MR) is 62.7 cm³/mol. The van der Waals surface area contributed by atoms with Crippen molar-refractivity contribution in [1.82, 2.24) is 0 Å². The third kappa shape index (κ3) is 2.62. The molecule has 2 saturated carbocycles. The molecule has 2 bridgehead atoms. The highest BCUT2D eigenvalue weighted by molar-refractivity contribution is 5.81. The molecule has 2 aliphatic rings. The molecule has 0 saturated heterocycles. The zero-order chi connectivity index (χ0) is 10.7. The Labute approximate surface area is 93.6 Å². The molecule has 0 aromatic rings. The Hall–Kier alpha value is -0.330. The van der Waals surface area contributed by atoms with E-state index in [1.54, 1.807) is 0 Å². The van der Waals surface area contributed by atoms with Crippen molar-refractivity contribution in [3.05, 3.63) is 0 Å². The van der Waals surface area contributed by atoms with E-state index in [0.717, 1.165) is 24.7 Å². The number of carbonyl (C=O) groups excluding carboxylic acids is 1. The fourth-order valence-corrected chi connectivity index (χ4v) is 3.55. The van der Waals surface area contributed by atoms with Crippen LogP contribution in [0.15, 0.2) is 0 Å². The molecule has 0 heterocycles. The van der Waals surface area contributed by atoms with Gasteiger partial charge in [-0.1, -0.05) is 32.6 Å². The quantitative estimate of drug-likeness (QED) is 0.604. The molecular weight excluding hydrogens is 184 g/mol. The molecule has 1 heteroatoms. The van der Waals surface area contributed by atoms with Crippen LogP contribution in [-0.4, -0.2) is 5.78 Å². The van der Waals surface area contributed by atoms with E-state index in [-0.39, 0.29) is 0 Å². The van der Waals surface area contributed by atoms with Crippen molar-refractivity contribution in [2.45, 2.75) is 64.7 Å². The van der Waals surface area contributed by atoms with Crippen molar-refractivity contribution in [2.24, 2.45) is 17.8 Å². The Kier molecular flexibility index (Phi) is 3.82. The van der Waals surface area contributed by atoms with Gasteiger partial charge in [-0.2, -0.15) is 0 Å². The Morgan fingerprint density at radius 2 is 2.00 bits per heavy atom. The standard InChI is InChI=1S/C14H24O/c1-2-3-4-5-6-14(15)13-10-11-7-8-12(13)9-11/h11-13H,2-10H2,1H3. The number of rotatable bonds is 6. The highest BCUT2D eigenvalue weighted by Gasteiger charge is 2.42. The first kappa shape index (κ1) is 11.2. The smallest absolute Gasteiger partial charge is 0.136 e. The third-order valence-corrected chi connectivity index (χ3v) is 4.43. The van der Waals surface area contributed by atoms with E-state index < -0.39 is 0 Å². The summed E-state index contributed by atoms with van der Waals surface area (Å²) in [6.07, 6.45) is 11.2. The highest BCUT2D eigenvalue weighted by Crippen LogP contribution is 2.48. The van der Waals surface area contributed by atoms with Gasteiger partial charge in [-0.25, -0.2) is 0 Å². The lowest BCUT2D eigenvalue weighted by molar-refractivity contribution is -0.124. The Morgan fingerprint density at radius 3 is 2.60 bits per heavy atom. The molecule has 86 valence electrons.